The van der Waals surface area contributed by atoms with Gasteiger partial charge in [-0.3, -0.25) is 46.4 Å². The highest BCUT2D eigenvalue weighted by Crippen LogP contribution is 2.64. The number of H-pyrrole nitrogens is 1. The number of hydrogen-bond donors (Lipinski definition) is 6. The molecule has 7 heterocycles. The molecule has 0 radical (unpaired) electrons. The van der Waals surface area contributed by atoms with Gasteiger partial charge in [0.1, 0.15) is 54.6 Å². The summed E-state index contributed by atoms with van der Waals surface area (Å²) in [4.78, 5) is 85.6. The second kappa shape index (κ2) is 22.9. The SMILES string of the molecule is CCCCCCCC(=O)N[C@H](C(=O)N[C@@H](C)C(=O)Nc1ccc(CSP2(=O)OC[C@H]3O[C@@H](n4cnc5c(N)ncnc54)[C@H](F)[C@@H]3OP(=O)(O)OC[C@H]3O[C@@H](n4cnc5c(=O)[nH]cnc54)C[C@@H]3O2)cc1)C(C)C. The Morgan fingerprint density at radius 3 is 2.38 bits per heavy atom. The molecule has 29 heteroatoms. The van der Waals surface area contributed by atoms with Crippen LogP contribution in [0.2, 0.25) is 0 Å². The molecule has 1 aromatic carbocycles. The zero-order valence-electron chi connectivity index (χ0n) is 39.7. The number of imidazole rings is 2. The van der Waals surface area contributed by atoms with Crippen LogP contribution in [0.1, 0.15) is 90.7 Å². The summed E-state index contributed by atoms with van der Waals surface area (Å²) in [5, 5.41) is 8.28. The number of ether oxygens (including phenoxy) is 2. The highest BCUT2D eigenvalue weighted by molar-refractivity contribution is 8.54. The predicted molar refractivity (Wildman–Crippen MR) is 258 cm³/mol. The van der Waals surface area contributed by atoms with Gasteiger partial charge in [0, 0.05) is 24.3 Å². The summed E-state index contributed by atoms with van der Waals surface area (Å²) in [6, 6.07) is 4.75. The largest absolute Gasteiger partial charge is 0.472 e. The number of nitrogens with one attached hydrogen (secondary N) is 4. The summed E-state index contributed by atoms with van der Waals surface area (Å²) in [6.07, 6.45) is -0.346. The molecule has 7 N–H and O–H groups in total. The van der Waals surface area contributed by atoms with Crippen LogP contribution in [0.5, 0.6) is 0 Å². The number of nitrogen functional groups attached to an aromatic ring is 1. The number of fused-ring (bicyclic) bond motifs is 4. The average Bonchev–Trinajstić information content (AvgIpc) is 4.14. The van der Waals surface area contributed by atoms with Gasteiger partial charge in [0.15, 0.2) is 35.0 Å². The Kier molecular flexibility index (Phi) is 16.9. The van der Waals surface area contributed by atoms with Gasteiger partial charge in [0.25, 0.3) is 5.56 Å². The van der Waals surface area contributed by atoms with Gasteiger partial charge in [-0.25, -0.2) is 38.4 Å². The summed E-state index contributed by atoms with van der Waals surface area (Å²) in [6.45, 7) is 1.53. The number of unbranched alkanes of at least 4 members (excludes halogenated alkanes) is 4. The number of alkyl halides is 1. The lowest BCUT2D eigenvalue weighted by Crippen LogP contribution is -2.53. The summed E-state index contributed by atoms with van der Waals surface area (Å²) in [5.41, 5.74) is 6.85. The third kappa shape index (κ3) is 12.4. The number of carbonyl (C=O) groups is 3. The number of halogens is 1. The van der Waals surface area contributed by atoms with Crippen LogP contribution in [0.3, 0.4) is 0 Å². The van der Waals surface area contributed by atoms with Crippen molar-refractivity contribution in [2.45, 2.75) is 134 Å². The first kappa shape index (κ1) is 53.1. The lowest BCUT2D eigenvalue weighted by molar-refractivity contribution is -0.131. The van der Waals surface area contributed by atoms with Crippen molar-refractivity contribution in [2.75, 3.05) is 24.3 Å². The second-order valence-electron chi connectivity index (χ2n) is 17.9. The molecule has 2 unspecified atom stereocenters. The van der Waals surface area contributed by atoms with Gasteiger partial charge >= 0.3 is 14.6 Å². The Morgan fingerprint density at radius 1 is 0.889 bits per heavy atom. The first-order chi connectivity index (χ1) is 34.4. The fourth-order valence-corrected chi connectivity index (χ4v) is 12.7. The van der Waals surface area contributed by atoms with Gasteiger partial charge in [0.2, 0.25) is 17.7 Å². The van der Waals surface area contributed by atoms with Gasteiger partial charge in [-0.2, -0.15) is 0 Å². The molecule has 3 aliphatic rings. The van der Waals surface area contributed by atoms with Crippen LogP contribution < -0.4 is 27.2 Å². The van der Waals surface area contributed by atoms with E-state index < -0.39 is 100 Å². The minimum Gasteiger partial charge on any atom is -0.382 e. The van der Waals surface area contributed by atoms with Crippen LogP contribution in [0.15, 0.2) is 54.4 Å². The monoisotopic (exact) mass is 1060 g/mol. The van der Waals surface area contributed by atoms with E-state index >= 15 is 8.96 Å². The minimum atomic E-state index is -5.10. The molecule has 0 spiro atoms. The third-order valence-corrected chi connectivity index (χ3v) is 16.9. The maximum Gasteiger partial charge on any atom is 0.472 e. The number of aromatic nitrogens is 8. The van der Waals surface area contributed by atoms with Gasteiger partial charge in [-0.15, -0.1) is 0 Å². The molecule has 11 atom stereocenters. The smallest absolute Gasteiger partial charge is 0.382 e. The van der Waals surface area contributed by atoms with Crippen molar-refractivity contribution < 1.29 is 60.4 Å². The van der Waals surface area contributed by atoms with Crippen molar-refractivity contribution in [2.24, 2.45) is 5.92 Å². The van der Waals surface area contributed by atoms with Crippen molar-refractivity contribution in [3.63, 3.8) is 0 Å². The van der Waals surface area contributed by atoms with E-state index in [2.05, 4.69) is 52.8 Å². The van der Waals surface area contributed by atoms with Crippen LogP contribution in [0.25, 0.3) is 22.3 Å². The maximum atomic E-state index is 16.6. The van der Waals surface area contributed by atoms with Crippen molar-refractivity contribution in [1.29, 1.82) is 0 Å². The molecule has 4 aromatic heterocycles. The van der Waals surface area contributed by atoms with Crippen LogP contribution in [-0.2, 0) is 56.8 Å². The first-order valence-electron chi connectivity index (χ1n) is 23.4. The molecule has 3 amide bonds. The van der Waals surface area contributed by atoms with Gasteiger partial charge < -0.3 is 41.0 Å². The number of nitrogens with two attached hydrogens (primary N) is 1. The van der Waals surface area contributed by atoms with E-state index in [1.807, 2.05) is 13.8 Å². The number of phosphoric ester groups is 1. The molecule has 5 aromatic rings. The molecule has 3 fully saturated rings. The lowest BCUT2D eigenvalue weighted by Gasteiger charge is -2.28. The van der Waals surface area contributed by atoms with Gasteiger partial charge in [0.05, 0.1) is 32.2 Å². The van der Waals surface area contributed by atoms with E-state index in [0.29, 0.717) is 17.7 Å². The molecule has 390 valence electrons. The topological polar surface area (TPSA) is 330 Å². The molecule has 72 heavy (non-hydrogen) atoms. The minimum absolute atomic E-state index is 0.00382. The number of hydrogen-bond acceptors (Lipinski definition) is 19. The van der Waals surface area contributed by atoms with E-state index in [4.69, 9.17) is 33.3 Å². The number of carbonyl (C=O) groups excluding carboxylic acids is 3. The van der Waals surface area contributed by atoms with E-state index in [-0.39, 0.29) is 52.1 Å². The molecule has 0 bridgehead atoms. The predicted octanol–water partition coefficient (Wildman–Crippen LogP) is 4.97. The summed E-state index contributed by atoms with van der Waals surface area (Å²) in [7, 11) is -5.10. The number of benzene rings is 1. The summed E-state index contributed by atoms with van der Waals surface area (Å²) < 4.78 is 83.2. The number of amides is 3. The molecule has 3 aliphatic heterocycles. The first-order valence-corrected chi connectivity index (χ1v) is 28.1. The Bertz CT molecular complexity index is 2890. The highest BCUT2D eigenvalue weighted by Gasteiger charge is 2.53. The zero-order chi connectivity index (χ0) is 51.3. The van der Waals surface area contributed by atoms with Crippen LogP contribution >= 0.6 is 26.0 Å². The van der Waals surface area contributed by atoms with Crippen LogP contribution in [0, 0.1) is 5.92 Å². The quantitative estimate of drug-likeness (QED) is 0.0529. The number of nitrogens with zero attached hydrogens (tertiary/aromatic N) is 7. The maximum absolute atomic E-state index is 16.6. The van der Waals surface area contributed by atoms with Crippen molar-refractivity contribution >= 4 is 77.6 Å². The molecule has 25 nitrogen and oxygen atoms in total. The Morgan fingerprint density at radius 2 is 1.61 bits per heavy atom. The van der Waals surface area contributed by atoms with Crippen LogP contribution in [0.4, 0.5) is 15.9 Å². The number of phosphoric acid groups is 1. The van der Waals surface area contributed by atoms with Crippen molar-refractivity contribution in [3.8, 4) is 0 Å². The Balaban J connectivity index is 0.963. The Hall–Kier alpha value is -5.21. The standard InChI is InChI=1S/C43H57FN12O13P2S/c1-5-6-7-8-9-10-30(57)54-33(23(2)3)42(60)52-24(4)40(58)53-26-13-11-25(12-14-26)18-72-71(63)65-17-29-36(32(44)43(67-29)56-22-50-34-37(45)46-19-47-38(34)56)69-70(61,62)64-16-28-27(68-71)15-31(66-28)55-21-51-35-39(55)48-20-49-41(35)59/h11-14,19-24,27-29,31-33,36,43H,5-10,15-18H2,1-4H3,(H,52,60)(H,53,58)(H,54,57)(H,61,62)(H2,45,46,47)(H,48,49,59)/t24-,27-,28+,29+,31+,32+,33-,36+,43+,71?/m0/s1. The zero-order valence-corrected chi connectivity index (χ0v) is 42.3. The second-order valence-corrected chi connectivity index (χ2v) is 23.3. The molecule has 0 saturated carbocycles. The van der Waals surface area contributed by atoms with Crippen molar-refractivity contribution in [3.05, 3.63) is 65.5 Å². The summed E-state index contributed by atoms with van der Waals surface area (Å²) >= 11 is 0.773. The normalized spacial score (nSPS) is 27.6. The number of anilines is 2. The van der Waals surface area contributed by atoms with Crippen molar-refractivity contribution in [1.82, 2.24) is 49.7 Å². The van der Waals surface area contributed by atoms with Crippen LogP contribution in [-0.4, -0.2) is 118 Å². The summed E-state index contributed by atoms with van der Waals surface area (Å²) in [5.74, 6) is -1.44. The Labute approximate surface area is 415 Å². The van der Waals surface area contributed by atoms with Gasteiger partial charge in [-0.05, 0) is 48.3 Å². The molecule has 0 aliphatic carbocycles. The van der Waals surface area contributed by atoms with E-state index in [1.165, 1.54) is 35.0 Å². The average molecular weight is 1060 g/mol. The molecular weight excluding hydrogens is 1010 g/mol. The number of rotatable bonds is 17. The fraction of sp³-hybridized carbons (Fsp3) is 0.558. The van der Waals surface area contributed by atoms with E-state index in [1.54, 1.807) is 24.3 Å². The number of aromatic amines is 1. The molecule has 3 saturated heterocycles. The molecular formula is C43H57FN12O13P2S. The third-order valence-electron chi connectivity index (χ3n) is 12.2. The van der Waals surface area contributed by atoms with E-state index in [0.717, 1.165) is 49.8 Å². The lowest BCUT2D eigenvalue weighted by atomic mass is 10.0. The molecule has 8 rings (SSSR count). The highest BCUT2D eigenvalue weighted by atomic mass is 32.7. The van der Waals surface area contributed by atoms with Gasteiger partial charge in [-0.1, -0.05) is 58.6 Å². The fourth-order valence-electron chi connectivity index (χ4n) is 8.35. The van der Waals surface area contributed by atoms with E-state index in [9.17, 15) is 28.6 Å².